The molecule has 1 aliphatic heterocycles. The van der Waals surface area contributed by atoms with E-state index in [1.807, 2.05) is 42.5 Å². The van der Waals surface area contributed by atoms with Gasteiger partial charge in [-0.3, -0.25) is 4.79 Å². The third-order valence-corrected chi connectivity index (χ3v) is 7.38. The van der Waals surface area contributed by atoms with E-state index < -0.39 is 9.84 Å². The largest absolute Gasteiger partial charge is 0.464 e. The van der Waals surface area contributed by atoms with E-state index in [-0.39, 0.29) is 23.5 Å². The second-order valence-corrected chi connectivity index (χ2v) is 10.1. The third-order valence-electron chi connectivity index (χ3n) is 5.63. The molecule has 2 aromatic rings. The topological polar surface area (TPSA) is 67.6 Å². The van der Waals surface area contributed by atoms with Crippen LogP contribution < -0.4 is 0 Å². The third kappa shape index (κ3) is 4.38. The van der Waals surface area contributed by atoms with E-state index >= 15 is 0 Å². The van der Waals surface area contributed by atoms with Crippen molar-refractivity contribution >= 4 is 21.8 Å². The highest BCUT2D eigenvalue weighted by molar-refractivity contribution is 7.91. The van der Waals surface area contributed by atoms with Gasteiger partial charge in [0, 0.05) is 18.0 Å². The molecule has 2 aliphatic rings. The first-order chi connectivity index (χ1) is 13.4. The quantitative estimate of drug-likeness (QED) is 0.696. The predicted octanol–water partition coefficient (Wildman–Crippen LogP) is 3.63. The molecule has 1 saturated heterocycles. The molecule has 1 aromatic carbocycles. The molecule has 148 valence electrons. The van der Waals surface area contributed by atoms with E-state index in [0.717, 1.165) is 17.7 Å². The maximum atomic E-state index is 12.9. The zero-order valence-electron chi connectivity index (χ0n) is 16.0. The second-order valence-electron chi connectivity index (χ2n) is 7.89. The van der Waals surface area contributed by atoms with Crippen molar-refractivity contribution in [2.45, 2.75) is 38.3 Å². The molecule has 5 nitrogen and oxygen atoms in total. The van der Waals surface area contributed by atoms with Crippen molar-refractivity contribution in [1.29, 1.82) is 0 Å². The zero-order valence-corrected chi connectivity index (χ0v) is 16.8. The van der Waals surface area contributed by atoms with Crippen molar-refractivity contribution in [1.82, 2.24) is 4.90 Å². The van der Waals surface area contributed by atoms with Crippen molar-refractivity contribution in [3.8, 4) is 0 Å². The summed E-state index contributed by atoms with van der Waals surface area (Å²) in [6.07, 6.45) is 4.89. The summed E-state index contributed by atoms with van der Waals surface area (Å²) in [5, 5.41) is 0. The zero-order chi connectivity index (χ0) is 19.7. The summed E-state index contributed by atoms with van der Waals surface area (Å²) in [5.41, 5.74) is 0.929. The lowest BCUT2D eigenvalue weighted by molar-refractivity contribution is -0.128. The number of sulfone groups is 1. The van der Waals surface area contributed by atoms with Crippen molar-refractivity contribution in [2.75, 3.05) is 11.5 Å². The average Bonchev–Trinajstić information content (AvgIpc) is 3.06. The molecule has 4 rings (SSSR count). The predicted molar refractivity (Wildman–Crippen MR) is 108 cm³/mol. The van der Waals surface area contributed by atoms with Gasteiger partial charge in [0.15, 0.2) is 9.84 Å². The molecule has 1 aliphatic carbocycles. The Morgan fingerprint density at radius 3 is 2.61 bits per heavy atom. The van der Waals surface area contributed by atoms with Crippen molar-refractivity contribution in [3.05, 3.63) is 65.6 Å². The van der Waals surface area contributed by atoms with Crippen LogP contribution in [0.5, 0.6) is 0 Å². The fourth-order valence-electron chi connectivity index (χ4n) is 3.80. The van der Waals surface area contributed by atoms with E-state index in [4.69, 9.17) is 4.42 Å². The van der Waals surface area contributed by atoms with E-state index in [2.05, 4.69) is 6.92 Å². The number of hydrogen-bond donors (Lipinski definition) is 0. The standard InChI is InChI=1S/C22H25NO4S/c1-16-13-20(16)21-9-8-19(27-21)14-23(18-11-12-28(25,26)15-18)22(24)10-7-17-5-3-2-4-6-17/h2-10,16,18,20H,11-15H2,1H3/b10-7+. The molecule has 6 heteroatoms. The van der Waals surface area contributed by atoms with Crippen LogP contribution >= 0.6 is 0 Å². The van der Waals surface area contributed by atoms with Gasteiger partial charge in [-0.1, -0.05) is 37.3 Å². The Balaban J connectivity index is 1.52. The number of amides is 1. The van der Waals surface area contributed by atoms with Crippen LogP contribution in [0.4, 0.5) is 0 Å². The van der Waals surface area contributed by atoms with Crippen LogP contribution in [0.3, 0.4) is 0 Å². The summed E-state index contributed by atoms with van der Waals surface area (Å²) in [6.45, 7) is 2.49. The van der Waals surface area contributed by atoms with Gasteiger partial charge in [0.25, 0.3) is 0 Å². The lowest BCUT2D eigenvalue weighted by Gasteiger charge is -2.26. The van der Waals surface area contributed by atoms with E-state index in [9.17, 15) is 13.2 Å². The normalized spacial score (nSPS) is 25.8. The minimum atomic E-state index is -3.09. The van der Waals surface area contributed by atoms with Crippen molar-refractivity contribution in [3.63, 3.8) is 0 Å². The Morgan fingerprint density at radius 1 is 1.21 bits per heavy atom. The fraction of sp³-hybridized carbons (Fsp3) is 0.409. The molecule has 2 heterocycles. The second kappa shape index (κ2) is 7.59. The maximum Gasteiger partial charge on any atom is 0.247 e. The average molecular weight is 400 g/mol. The molecule has 1 saturated carbocycles. The van der Waals surface area contributed by atoms with Gasteiger partial charge in [-0.05, 0) is 42.5 Å². The number of nitrogens with zero attached hydrogens (tertiary/aromatic N) is 1. The van der Waals surface area contributed by atoms with Crippen LogP contribution in [0.2, 0.25) is 0 Å². The monoisotopic (exact) mass is 399 g/mol. The smallest absolute Gasteiger partial charge is 0.247 e. The SMILES string of the molecule is CC1CC1c1ccc(CN(C(=O)/C=C/c2ccccc2)C2CCS(=O)(=O)C2)o1. The highest BCUT2D eigenvalue weighted by Gasteiger charge is 2.37. The van der Waals surface area contributed by atoms with Gasteiger partial charge >= 0.3 is 0 Å². The Hall–Kier alpha value is -2.34. The first-order valence-corrected chi connectivity index (χ1v) is 11.6. The van der Waals surface area contributed by atoms with E-state index in [1.54, 1.807) is 11.0 Å². The number of furan rings is 1. The fourth-order valence-corrected chi connectivity index (χ4v) is 5.53. The van der Waals surface area contributed by atoms with Gasteiger partial charge in [0.1, 0.15) is 11.5 Å². The molecule has 0 radical (unpaired) electrons. The van der Waals surface area contributed by atoms with Gasteiger partial charge < -0.3 is 9.32 Å². The Labute approximate surface area is 166 Å². The molecule has 28 heavy (non-hydrogen) atoms. The Bertz CT molecular complexity index is 977. The Morgan fingerprint density at radius 2 is 1.96 bits per heavy atom. The van der Waals surface area contributed by atoms with Gasteiger partial charge in [0.2, 0.25) is 5.91 Å². The molecular formula is C22H25NO4S. The van der Waals surface area contributed by atoms with Crippen LogP contribution in [0.1, 0.15) is 42.8 Å². The number of hydrogen-bond acceptors (Lipinski definition) is 4. The minimum Gasteiger partial charge on any atom is -0.464 e. The van der Waals surface area contributed by atoms with Crippen molar-refractivity contribution < 1.29 is 17.6 Å². The molecule has 3 atom stereocenters. The lowest BCUT2D eigenvalue weighted by atomic mass is 10.2. The molecule has 3 unspecified atom stereocenters. The summed E-state index contributed by atoms with van der Waals surface area (Å²) >= 11 is 0. The highest BCUT2D eigenvalue weighted by atomic mass is 32.2. The van der Waals surface area contributed by atoms with Crippen LogP contribution in [0, 0.1) is 5.92 Å². The minimum absolute atomic E-state index is 0.0190. The molecule has 0 N–H and O–H groups in total. The molecule has 1 amide bonds. The van der Waals surface area contributed by atoms with Gasteiger partial charge in [0.05, 0.1) is 18.1 Å². The van der Waals surface area contributed by atoms with Crippen molar-refractivity contribution in [2.24, 2.45) is 5.92 Å². The number of rotatable bonds is 6. The molecule has 1 aromatic heterocycles. The highest BCUT2D eigenvalue weighted by Crippen LogP contribution is 2.47. The molecular weight excluding hydrogens is 374 g/mol. The first kappa shape index (κ1) is 19.0. The van der Waals surface area contributed by atoms with Crippen LogP contribution in [0.25, 0.3) is 6.08 Å². The van der Waals surface area contributed by atoms with E-state index in [0.29, 0.717) is 30.6 Å². The maximum absolute atomic E-state index is 12.9. The van der Waals surface area contributed by atoms with Gasteiger partial charge in [-0.2, -0.15) is 0 Å². The summed E-state index contributed by atoms with van der Waals surface area (Å²) < 4.78 is 29.9. The summed E-state index contributed by atoms with van der Waals surface area (Å²) in [7, 11) is -3.09. The van der Waals surface area contributed by atoms with Crippen LogP contribution in [-0.4, -0.2) is 36.8 Å². The summed E-state index contributed by atoms with van der Waals surface area (Å²) in [5.74, 6) is 2.75. The Kier molecular flexibility index (Phi) is 5.15. The first-order valence-electron chi connectivity index (χ1n) is 9.74. The molecule has 0 spiro atoms. The van der Waals surface area contributed by atoms with Crippen LogP contribution in [0.15, 0.2) is 53.0 Å². The number of carbonyl (C=O) groups excluding carboxylic acids is 1. The number of benzene rings is 1. The molecule has 0 bridgehead atoms. The summed E-state index contributed by atoms with van der Waals surface area (Å²) in [4.78, 5) is 14.6. The van der Waals surface area contributed by atoms with Crippen LogP contribution in [-0.2, 0) is 21.2 Å². The molecule has 2 fully saturated rings. The van der Waals surface area contributed by atoms with E-state index in [1.165, 1.54) is 6.08 Å². The lowest BCUT2D eigenvalue weighted by Crippen LogP contribution is -2.39. The summed E-state index contributed by atoms with van der Waals surface area (Å²) in [6, 6.07) is 13.2. The van der Waals surface area contributed by atoms with Gasteiger partial charge in [-0.15, -0.1) is 0 Å². The van der Waals surface area contributed by atoms with Gasteiger partial charge in [-0.25, -0.2) is 8.42 Å². The number of carbonyl (C=O) groups is 1.